The van der Waals surface area contributed by atoms with Gasteiger partial charge < -0.3 is 24.4 Å². The van der Waals surface area contributed by atoms with Crippen molar-refractivity contribution in [3.63, 3.8) is 0 Å². The maximum Gasteiger partial charge on any atom is 0.256 e. The van der Waals surface area contributed by atoms with E-state index in [0.717, 1.165) is 37.4 Å². The van der Waals surface area contributed by atoms with Crippen LogP contribution in [-0.4, -0.2) is 60.1 Å². The first kappa shape index (κ1) is 19.8. The highest BCUT2D eigenvalue weighted by Crippen LogP contribution is 2.40. The van der Waals surface area contributed by atoms with Crippen molar-refractivity contribution in [3.05, 3.63) is 42.1 Å². The van der Waals surface area contributed by atoms with Crippen LogP contribution in [0.3, 0.4) is 0 Å². The predicted octanol–water partition coefficient (Wildman–Crippen LogP) is 2.63. The summed E-state index contributed by atoms with van der Waals surface area (Å²) in [6.45, 7) is 2.44. The molecule has 1 saturated heterocycles. The summed E-state index contributed by atoms with van der Waals surface area (Å²) in [5, 5.41) is 20.2. The molecule has 4 rings (SSSR count). The molecule has 1 aromatic heterocycles. The van der Waals surface area contributed by atoms with Crippen molar-refractivity contribution in [3.8, 4) is 23.1 Å². The van der Waals surface area contributed by atoms with Gasteiger partial charge in [-0.1, -0.05) is 0 Å². The van der Waals surface area contributed by atoms with Gasteiger partial charge in [0.05, 0.1) is 26.0 Å². The van der Waals surface area contributed by atoms with Gasteiger partial charge in [-0.05, 0) is 61.1 Å². The molecule has 0 bridgehead atoms. The Bertz CT molecular complexity index is 814. The van der Waals surface area contributed by atoms with Crippen LogP contribution >= 0.6 is 0 Å². The molecule has 0 spiro atoms. The third-order valence-corrected chi connectivity index (χ3v) is 5.97. The Kier molecular flexibility index (Phi) is 5.78. The Balaban J connectivity index is 1.28. The molecule has 1 aliphatic heterocycles. The molecule has 156 valence electrons. The van der Waals surface area contributed by atoms with Crippen LogP contribution in [0.4, 0.5) is 0 Å². The molecule has 7 nitrogen and oxygen atoms in total. The fourth-order valence-electron chi connectivity index (χ4n) is 4.55. The molecule has 2 aromatic rings. The van der Waals surface area contributed by atoms with Gasteiger partial charge in [-0.15, -0.1) is 0 Å². The summed E-state index contributed by atoms with van der Waals surface area (Å²) in [6.07, 6.45) is 1.60. The largest absolute Gasteiger partial charge is 0.503 e. The summed E-state index contributed by atoms with van der Waals surface area (Å²) >= 11 is 0. The second-order valence-corrected chi connectivity index (χ2v) is 7.91. The van der Waals surface area contributed by atoms with Crippen LogP contribution in [0.2, 0.25) is 0 Å². The van der Waals surface area contributed by atoms with Gasteiger partial charge >= 0.3 is 0 Å². The van der Waals surface area contributed by atoms with Crippen molar-refractivity contribution >= 4 is 0 Å². The number of aliphatic hydroxyl groups is 1. The van der Waals surface area contributed by atoms with Crippen LogP contribution in [0.1, 0.15) is 24.6 Å². The summed E-state index contributed by atoms with van der Waals surface area (Å²) in [7, 11) is 3.11. The smallest absolute Gasteiger partial charge is 0.256 e. The fourth-order valence-corrected chi connectivity index (χ4v) is 4.55. The number of rotatable bonds is 7. The van der Waals surface area contributed by atoms with Crippen LogP contribution in [0, 0.1) is 11.8 Å². The molecule has 1 saturated carbocycles. The second kappa shape index (κ2) is 8.47. The number of pyridine rings is 1. The molecule has 1 aromatic carbocycles. The highest BCUT2D eigenvalue weighted by Gasteiger charge is 2.42. The highest BCUT2D eigenvalue weighted by atomic mass is 16.5. The van der Waals surface area contributed by atoms with E-state index in [0.29, 0.717) is 24.1 Å². The lowest BCUT2D eigenvalue weighted by molar-refractivity contribution is 0.112. The first-order chi connectivity index (χ1) is 14.1. The molecule has 2 heterocycles. The van der Waals surface area contributed by atoms with Crippen molar-refractivity contribution < 1.29 is 24.4 Å². The van der Waals surface area contributed by atoms with Gasteiger partial charge in [0.15, 0.2) is 5.75 Å². The SMILES string of the molecule is COc1ccc(O[C@@H]2C[C@@H]3CN(CC(O)c4ccc(O)c(OC)n4)C[C@@H]3C2)cc1. The highest BCUT2D eigenvalue weighted by molar-refractivity contribution is 5.34. The topological polar surface area (TPSA) is 84.3 Å². The van der Waals surface area contributed by atoms with E-state index in [2.05, 4.69) is 9.88 Å². The van der Waals surface area contributed by atoms with E-state index in [-0.39, 0.29) is 17.7 Å². The normalized spacial score (nSPS) is 24.9. The Morgan fingerprint density at radius 2 is 1.66 bits per heavy atom. The number of hydrogen-bond acceptors (Lipinski definition) is 7. The number of aromatic hydroxyl groups is 1. The van der Waals surface area contributed by atoms with Gasteiger partial charge in [0.2, 0.25) is 0 Å². The zero-order valence-corrected chi connectivity index (χ0v) is 16.8. The molecule has 2 fully saturated rings. The number of fused-ring (bicyclic) bond motifs is 1. The molecule has 29 heavy (non-hydrogen) atoms. The minimum absolute atomic E-state index is 0.0259. The lowest BCUT2D eigenvalue weighted by atomic mass is 10.0. The number of ether oxygens (including phenoxy) is 3. The standard InChI is InChI=1S/C22H28N2O5/c1-27-16-3-5-17(6-4-16)29-18-9-14-11-24(12-15(14)10-18)13-21(26)19-7-8-20(25)22(23-19)28-2/h3-8,14-15,18,21,25-26H,9-13H2,1-2H3/t14-,15+,18-,21?. The van der Waals surface area contributed by atoms with Crippen LogP contribution in [-0.2, 0) is 0 Å². The zero-order chi connectivity index (χ0) is 20.4. The Morgan fingerprint density at radius 1 is 1.00 bits per heavy atom. The molecule has 2 N–H and O–H groups in total. The Labute approximate surface area is 170 Å². The summed E-state index contributed by atoms with van der Waals surface area (Å²) in [4.78, 5) is 6.49. The number of likely N-dealkylation sites (tertiary alicyclic amines) is 1. The Morgan fingerprint density at radius 3 is 2.28 bits per heavy atom. The lowest BCUT2D eigenvalue weighted by Gasteiger charge is -2.22. The van der Waals surface area contributed by atoms with Gasteiger partial charge in [-0.25, -0.2) is 4.98 Å². The number of methoxy groups -OCH3 is 2. The van der Waals surface area contributed by atoms with Crippen LogP contribution < -0.4 is 14.2 Å². The fraction of sp³-hybridized carbons (Fsp3) is 0.500. The van der Waals surface area contributed by atoms with Crippen LogP contribution in [0.15, 0.2) is 36.4 Å². The lowest BCUT2D eigenvalue weighted by Crippen LogP contribution is -2.29. The van der Waals surface area contributed by atoms with Crippen LogP contribution in [0.25, 0.3) is 0 Å². The quantitative estimate of drug-likeness (QED) is 0.739. The van der Waals surface area contributed by atoms with E-state index in [1.165, 1.54) is 13.2 Å². The first-order valence-electron chi connectivity index (χ1n) is 10.0. The average molecular weight is 400 g/mol. The molecule has 1 aliphatic carbocycles. The molecular formula is C22H28N2O5. The van der Waals surface area contributed by atoms with Crippen molar-refractivity contribution in [1.29, 1.82) is 0 Å². The summed E-state index contributed by atoms with van der Waals surface area (Å²) in [5.74, 6) is 3.01. The zero-order valence-electron chi connectivity index (χ0n) is 16.8. The minimum Gasteiger partial charge on any atom is -0.503 e. The predicted molar refractivity (Wildman–Crippen MR) is 107 cm³/mol. The third-order valence-electron chi connectivity index (χ3n) is 5.97. The van der Waals surface area contributed by atoms with Gasteiger partial charge in [0.25, 0.3) is 5.88 Å². The molecule has 2 aliphatic rings. The van der Waals surface area contributed by atoms with Gasteiger partial charge in [-0.2, -0.15) is 0 Å². The maximum atomic E-state index is 10.6. The Hall–Kier alpha value is -2.51. The van der Waals surface area contributed by atoms with Crippen LogP contribution in [0.5, 0.6) is 23.1 Å². The van der Waals surface area contributed by atoms with E-state index in [4.69, 9.17) is 14.2 Å². The van der Waals surface area contributed by atoms with Crippen molar-refractivity contribution in [2.45, 2.75) is 25.0 Å². The van der Waals surface area contributed by atoms with E-state index in [1.54, 1.807) is 13.2 Å². The summed E-state index contributed by atoms with van der Waals surface area (Å²) < 4.78 is 16.4. The van der Waals surface area contributed by atoms with Crippen molar-refractivity contribution in [1.82, 2.24) is 9.88 Å². The molecule has 0 radical (unpaired) electrons. The van der Waals surface area contributed by atoms with Gasteiger partial charge in [0.1, 0.15) is 17.6 Å². The third kappa shape index (κ3) is 4.41. The van der Waals surface area contributed by atoms with Gasteiger partial charge in [0, 0.05) is 19.6 Å². The monoisotopic (exact) mass is 400 g/mol. The maximum absolute atomic E-state index is 10.6. The van der Waals surface area contributed by atoms with E-state index in [1.807, 2.05) is 24.3 Å². The summed E-state index contributed by atoms with van der Waals surface area (Å²) in [5.41, 5.74) is 0.512. The molecule has 0 amide bonds. The van der Waals surface area contributed by atoms with Crippen molar-refractivity contribution in [2.24, 2.45) is 11.8 Å². The van der Waals surface area contributed by atoms with E-state index in [9.17, 15) is 10.2 Å². The number of nitrogens with zero attached hydrogens (tertiary/aromatic N) is 2. The second-order valence-electron chi connectivity index (χ2n) is 7.91. The number of aromatic nitrogens is 1. The van der Waals surface area contributed by atoms with E-state index < -0.39 is 6.10 Å². The molecule has 4 atom stereocenters. The average Bonchev–Trinajstić information content (AvgIpc) is 3.26. The molecular weight excluding hydrogens is 372 g/mol. The first-order valence-corrected chi connectivity index (χ1v) is 10.0. The number of β-amino-alcohol motifs (C(OH)–C–C–N with tert-alkyl or cyclic N) is 1. The molecule has 1 unspecified atom stereocenters. The number of benzene rings is 1. The number of hydrogen-bond donors (Lipinski definition) is 2. The minimum atomic E-state index is -0.713. The number of aliphatic hydroxyl groups excluding tert-OH is 1. The molecule has 7 heteroatoms. The van der Waals surface area contributed by atoms with E-state index >= 15 is 0 Å². The van der Waals surface area contributed by atoms with Crippen molar-refractivity contribution in [2.75, 3.05) is 33.9 Å². The summed E-state index contributed by atoms with van der Waals surface area (Å²) in [6, 6.07) is 10.9. The van der Waals surface area contributed by atoms with Gasteiger partial charge in [-0.3, -0.25) is 4.90 Å².